The van der Waals surface area contributed by atoms with Crippen LogP contribution in [0.4, 0.5) is 0 Å². The van der Waals surface area contributed by atoms with E-state index in [4.69, 9.17) is 0 Å². The highest BCUT2D eigenvalue weighted by atomic mass is 127. The summed E-state index contributed by atoms with van der Waals surface area (Å²) in [4.78, 5) is -0.178. The Hall–Kier alpha value is -1.70. The van der Waals surface area contributed by atoms with Gasteiger partial charge in [-0.1, -0.05) is 61.9 Å². The molecular weight excluding hydrogens is 483 g/mol. The quantitative estimate of drug-likeness (QED) is 0.391. The first-order chi connectivity index (χ1) is 13.2. The van der Waals surface area contributed by atoms with Crippen LogP contribution in [0.1, 0.15) is 25.0 Å². The summed E-state index contributed by atoms with van der Waals surface area (Å²) in [6.45, 7) is 6.36. The molecule has 0 bridgehead atoms. The lowest BCUT2D eigenvalue weighted by atomic mass is 10.0. The molecule has 0 aromatic heterocycles. The fourth-order valence-corrected chi connectivity index (χ4v) is 5.15. The van der Waals surface area contributed by atoms with Gasteiger partial charge in [0.1, 0.15) is 10.1 Å². The first-order valence-corrected chi connectivity index (χ1v) is 12.6. The predicted molar refractivity (Wildman–Crippen MR) is 108 cm³/mol. The van der Waals surface area contributed by atoms with Gasteiger partial charge in [0.05, 0.1) is 4.90 Å². The summed E-state index contributed by atoms with van der Waals surface area (Å²) in [7, 11) is -4.27. The van der Waals surface area contributed by atoms with E-state index in [2.05, 4.69) is 68.4 Å². The molecule has 0 aliphatic carbocycles. The lowest BCUT2D eigenvalue weighted by Crippen LogP contribution is -3.61. The summed E-state index contributed by atoms with van der Waals surface area (Å²) in [5.74, 6) is 0.740. The van der Waals surface area contributed by atoms with Gasteiger partial charge in [0.25, 0.3) is 0 Å². The smallest absolute Gasteiger partial charge is 0.357 e. The second kappa shape index (κ2) is 10.7. The maximum atomic E-state index is 10.4. The fourth-order valence-electron chi connectivity index (χ4n) is 2.46. The summed E-state index contributed by atoms with van der Waals surface area (Å²) >= 11 is -0.00515. The molecule has 0 fully saturated rings. The maximum absolute atomic E-state index is 10.4. The molecule has 0 aliphatic rings. The monoisotopic (exact) mass is 508 g/mol. The van der Waals surface area contributed by atoms with Gasteiger partial charge in [-0.25, -0.2) is 8.42 Å². The molecule has 0 amide bonds. The molecule has 0 N–H and O–H groups in total. The zero-order valence-corrected chi connectivity index (χ0v) is 19.3. The van der Waals surface area contributed by atoms with Crippen LogP contribution in [0.15, 0.2) is 83.8 Å². The van der Waals surface area contributed by atoms with Crippen LogP contribution >= 0.6 is 0 Å². The Morgan fingerprint density at radius 2 is 1.36 bits per heavy atom. The Labute approximate surface area is 178 Å². The van der Waals surface area contributed by atoms with E-state index in [1.807, 2.05) is 6.92 Å². The first-order valence-electron chi connectivity index (χ1n) is 9.05. The van der Waals surface area contributed by atoms with E-state index in [9.17, 15) is 13.0 Å². The molecule has 3 rings (SSSR count). The molecule has 3 aromatic rings. The molecule has 28 heavy (non-hydrogen) atoms. The molecule has 0 saturated heterocycles. The van der Waals surface area contributed by atoms with Crippen molar-refractivity contribution < 1.29 is 34.2 Å². The maximum Gasteiger partial charge on any atom is 0.357 e. The summed E-state index contributed by atoms with van der Waals surface area (Å²) in [5, 5.41) is 0. The number of halogens is 1. The van der Waals surface area contributed by atoms with Crippen LogP contribution in [0.2, 0.25) is 0 Å². The number of hydrogen-bond acceptors (Lipinski definition) is 3. The Morgan fingerprint density at radius 3 is 1.86 bits per heavy atom. The van der Waals surface area contributed by atoms with Gasteiger partial charge in [0, 0.05) is 0 Å². The topological polar surface area (TPSA) is 57.2 Å². The van der Waals surface area contributed by atoms with Gasteiger partial charge in [0.2, 0.25) is 0 Å². The van der Waals surface area contributed by atoms with Gasteiger partial charge in [-0.3, -0.25) is 0 Å². The van der Waals surface area contributed by atoms with Crippen LogP contribution in [0.3, 0.4) is 0 Å². The van der Waals surface area contributed by atoms with Crippen LogP contribution in [0.5, 0.6) is 0 Å². The highest BCUT2D eigenvalue weighted by molar-refractivity contribution is 7.85. The zero-order valence-electron chi connectivity index (χ0n) is 16.3. The number of rotatable bonds is 5. The largest absolute Gasteiger partial charge is 0.744 e. The summed E-state index contributed by atoms with van der Waals surface area (Å²) < 4.78 is 34.2. The van der Waals surface area contributed by atoms with Gasteiger partial charge < -0.3 is 4.55 Å². The van der Waals surface area contributed by atoms with Gasteiger partial charge >= 0.3 is 21.2 Å². The molecule has 0 atom stereocenters. The molecule has 3 aromatic carbocycles. The number of hydrogen-bond donors (Lipinski definition) is 0. The SMILES string of the molecule is CC(C)Cc1ccc([I+]c2ccccc2)cc1.Cc1ccc(S(=O)(=O)[O-])cc1. The van der Waals surface area contributed by atoms with Crippen LogP contribution in [0, 0.1) is 20.0 Å². The van der Waals surface area contributed by atoms with Gasteiger partial charge in [-0.05, 0) is 61.2 Å². The number of aryl methyl sites for hydroxylation is 1. The lowest BCUT2D eigenvalue weighted by molar-refractivity contribution is -0.597. The van der Waals surface area contributed by atoms with E-state index in [-0.39, 0.29) is 26.1 Å². The van der Waals surface area contributed by atoms with Gasteiger partial charge in [0.15, 0.2) is 7.14 Å². The zero-order chi connectivity index (χ0) is 20.6. The van der Waals surface area contributed by atoms with Gasteiger partial charge in [-0.2, -0.15) is 0 Å². The van der Waals surface area contributed by atoms with Crippen molar-refractivity contribution in [2.45, 2.75) is 32.1 Å². The Kier molecular flexibility index (Phi) is 8.66. The van der Waals surface area contributed by atoms with Crippen molar-refractivity contribution in [2.24, 2.45) is 5.92 Å². The highest BCUT2D eigenvalue weighted by Crippen LogP contribution is 2.08. The Balaban J connectivity index is 0.000000221. The minimum atomic E-state index is -4.27. The van der Waals surface area contributed by atoms with Crippen molar-refractivity contribution >= 4 is 10.1 Å². The molecule has 3 nitrogen and oxygen atoms in total. The molecule has 0 aliphatic heterocycles. The third-order valence-electron chi connectivity index (χ3n) is 3.82. The number of benzene rings is 3. The highest BCUT2D eigenvalue weighted by Gasteiger charge is 2.14. The van der Waals surface area contributed by atoms with Crippen molar-refractivity contribution in [1.29, 1.82) is 0 Å². The van der Waals surface area contributed by atoms with Crippen LogP contribution in [0.25, 0.3) is 0 Å². The average Bonchev–Trinajstić information content (AvgIpc) is 2.64. The van der Waals surface area contributed by atoms with Crippen molar-refractivity contribution in [3.63, 3.8) is 0 Å². The average molecular weight is 508 g/mol. The standard InChI is InChI=1S/C16H18I.C7H8O3S/c1-13(2)12-14-8-10-16(11-9-14)17-15-6-4-3-5-7-15;1-6-2-4-7(5-3-6)11(8,9)10/h3-11,13H,12H2,1-2H3;2-5H,1H3,(H,8,9,10)/q+1;/p-1. The molecular formula is C23H25IO3S. The van der Waals surface area contributed by atoms with Crippen LogP contribution < -0.4 is 21.2 Å². The minimum Gasteiger partial charge on any atom is -0.744 e. The normalized spacial score (nSPS) is 11.0. The fraction of sp³-hybridized carbons (Fsp3) is 0.217. The second-order valence-corrected chi connectivity index (χ2v) is 11.3. The molecule has 0 radical (unpaired) electrons. The Bertz CT molecular complexity index is 949. The third-order valence-corrected chi connectivity index (χ3v) is 7.35. The summed E-state index contributed by atoms with van der Waals surface area (Å²) in [6, 6.07) is 25.8. The molecule has 148 valence electrons. The van der Waals surface area contributed by atoms with Crippen molar-refractivity contribution in [2.75, 3.05) is 0 Å². The van der Waals surface area contributed by atoms with E-state index >= 15 is 0 Å². The summed E-state index contributed by atoms with van der Waals surface area (Å²) in [5.41, 5.74) is 2.39. The van der Waals surface area contributed by atoms with Crippen molar-refractivity contribution in [1.82, 2.24) is 0 Å². The van der Waals surface area contributed by atoms with Crippen molar-refractivity contribution in [3.05, 3.63) is 97.1 Å². The molecule has 0 unspecified atom stereocenters. The molecule has 5 heteroatoms. The molecule has 0 saturated carbocycles. The first kappa shape index (κ1) is 22.6. The minimum absolute atomic E-state index is 0.00515. The van der Waals surface area contributed by atoms with E-state index in [1.165, 1.54) is 31.3 Å². The van der Waals surface area contributed by atoms with E-state index < -0.39 is 10.1 Å². The lowest BCUT2D eigenvalue weighted by Gasteiger charge is -2.05. The van der Waals surface area contributed by atoms with E-state index in [1.54, 1.807) is 12.1 Å². The van der Waals surface area contributed by atoms with Crippen molar-refractivity contribution in [3.8, 4) is 0 Å². The van der Waals surface area contributed by atoms with E-state index in [0.29, 0.717) is 0 Å². The third kappa shape index (κ3) is 8.12. The van der Waals surface area contributed by atoms with Gasteiger partial charge in [-0.15, -0.1) is 0 Å². The molecule has 0 heterocycles. The van der Waals surface area contributed by atoms with Crippen LogP contribution in [-0.2, 0) is 16.5 Å². The second-order valence-electron chi connectivity index (χ2n) is 6.88. The predicted octanol–water partition coefficient (Wildman–Crippen LogP) is 1.91. The Morgan fingerprint density at radius 1 is 0.821 bits per heavy atom. The van der Waals surface area contributed by atoms with Crippen LogP contribution in [-0.4, -0.2) is 13.0 Å². The summed E-state index contributed by atoms with van der Waals surface area (Å²) in [6.07, 6.45) is 1.18. The van der Waals surface area contributed by atoms with E-state index in [0.717, 1.165) is 11.5 Å². The molecule has 0 spiro atoms.